The third-order valence-electron chi connectivity index (χ3n) is 3.10. The summed E-state index contributed by atoms with van der Waals surface area (Å²) < 4.78 is 14.3. The van der Waals surface area contributed by atoms with Crippen molar-refractivity contribution in [2.45, 2.75) is 0 Å². The monoisotopic (exact) mass is 336 g/mol. The lowest BCUT2D eigenvalue weighted by atomic mass is 10.3. The lowest BCUT2D eigenvalue weighted by molar-refractivity contribution is 0.420. The highest BCUT2D eigenvalue weighted by Crippen LogP contribution is 2.18. The number of likely N-dealkylation sites (N-methyl/N-ethyl adjacent to an activating group) is 1. The molecule has 0 unspecified atom stereocenters. The largest absolute Gasteiger partial charge is 0.494 e. The molecule has 1 aromatic heterocycles. The smallest absolute Gasteiger partial charge is 0.264 e. The molecule has 2 aromatic rings. The molecule has 0 bridgehead atoms. The Balaban J connectivity index is 2.45. The van der Waals surface area contributed by atoms with E-state index in [1.54, 1.807) is 0 Å². The Morgan fingerprint density at radius 2 is 2.04 bits per heavy atom. The minimum absolute atomic E-state index is 0.00156. The van der Waals surface area contributed by atoms with Crippen molar-refractivity contribution in [3.8, 4) is 11.6 Å². The maximum atomic E-state index is 13.0. The van der Waals surface area contributed by atoms with Crippen LogP contribution in [0.4, 0.5) is 4.39 Å². The predicted octanol–water partition coefficient (Wildman–Crippen LogP) is 1.72. The van der Waals surface area contributed by atoms with E-state index in [-0.39, 0.29) is 16.2 Å². The van der Waals surface area contributed by atoms with Crippen molar-refractivity contribution >= 4 is 18.4 Å². The minimum Gasteiger partial charge on any atom is -0.494 e. The number of aromatic nitrogens is 2. The van der Waals surface area contributed by atoms with Gasteiger partial charge in [0.25, 0.3) is 5.56 Å². The first-order chi connectivity index (χ1) is 10.9. The number of H-pyrrole nitrogens is 1. The van der Waals surface area contributed by atoms with Crippen molar-refractivity contribution < 1.29 is 9.50 Å². The second kappa shape index (κ2) is 7.30. The average Bonchev–Trinajstić information content (AvgIpc) is 2.47. The second-order valence-corrected chi connectivity index (χ2v) is 5.53. The van der Waals surface area contributed by atoms with Crippen LogP contribution in [0.15, 0.2) is 34.1 Å². The van der Waals surface area contributed by atoms with E-state index in [0.717, 1.165) is 0 Å². The Labute approximate surface area is 137 Å². The van der Waals surface area contributed by atoms with E-state index >= 15 is 0 Å². The molecular weight excluding hydrogens is 319 g/mol. The highest BCUT2D eigenvalue weighted by molar-refractivity contribution is 7.71. The zero-order valence-electron chi connectivity index (χ0n) is 12.8. The van der Waals surface area contributed by atoms with Crippen molar-refractivity contribution in [1.82, 2.24) is 14.5 Å². The Morgan fingerprint density at radius 3 is 2.65 bits per heavy atom. The van der Waals surface area contributed by atoms with Gasteiger partial charge < -0.3 is 10.0 Å². The molecule has 0 radical (unpaired) electrons. The topological polar surface area (TPSA) is 73.6 Å². The molecule has 2 N–H and O–H groups in total. The molecule has 1 heterocycles. The van der Waals surface area contributed by atoms with Gasteiger partial charge in [-0.05, 0) is 50.6 Å². The van der Waals surface area contributed by atoms with E-state index in [1.165, 1.54) is 35.0 Å². The van der Waals surface area contributed by atoms with E-state index in [2.05, 4.69) is 9.98 Å². The molecule has 1 aromatic carbocycles. The first-order valence-corrected chi connectivity index (χ1v) is 7.30. The van der Waals surface area contributed by atoms with Crippen LogP contribution in [0.3, 0.4) is 0 Å². The zero-order chi connectivity index (χ0) is 17.0. The average molecular weight is 336 g/mol. The molecule has 0 aliphatic carbocycles. The molecule has 23 heavy (non-hydrogen) atoms. The first-order valence-electron chi connectivity index (χ1n) is 6.89. The number of aromatic hydroxyl groups is 1. The number of hydrogen-bond donors (Lipinski definition) is 2. The van der Waals surface area contributed by atoms with Gasteiger partial charge in [-0.1, -0.05) is 0 Å². The molecule has 0 aliphatic rings. The Hall–Kier alpha value is -2.32. The van der Waals surface area contributed by atoms with Gasteiger partial charge in [0.05, 0.1) is 12.2 Å². The lowest BCUT2D eigenvalue weighted by Crippen LogP contribution is -2.19. The van der Waals surface area contributed by atoms with Crippen LogP contribution in [-0.2, 0) is 0 Å². The summed E-state index contributed by atoms with van der Waals surface area (Å²) in [6.07, 6.45) is 1.31. The maximum Gasteiger partial charge on any atom is 0.264 e. The normalized spacial score (nSPS) is 11.5. The molecule has 0 fully saturated rings. The quantitative estimate of drug-likeness (QED) is 0.644. The summed E-state index contributed by atoms with van der Waals surface area (Å²) in [6, 6.07) is 5.39. The molecule has 8 heteroatoms. The summed E-state index contributed by atoms with van der Waals surface area (Å²) in [4.78, 5) is 20.5. The molecule has 0 aliphatic heterocycles. The van der Waals surface area contributed by atoms with Crippen LogP contribution in [0.2, 0.25) is 0 Å². The van der Waals surface area contributed by atoms with Gasteiger partial charge in [-0.25, -0.2) is 4.39 Å². The highest BCUT2D eigenvalue weighted by atomic mass is 32.1. The summed E-state index contributed by atoms with van der Waals surface area (Å²) in [6.45, 7) is 1.20. The fourth-order valence-corrected chi connectivity index (χ4v) is 2.18. The van der Waals surface area contributed by atoms with Crippen LogP contribution < -0.4 is 5.56 Å². The fraction of sp³-hybridized carbons (Fsp3) is 0.267. The van der Waals surface area contributed by atoms with E-state index in [1.807, 2.05) is 19.0 Å². The minimum atomic E-state index is -0.528. The lowest BCUT2D eigenvalue weighted by Gasteiger charge is -2.11. The molecule has 0 atom stereocenters. The molecule has 0 spiro atoms. The molecule has 6 nitrogen and oxygen atoms in total. The van der Waals surface area contributed by atoms with Crippen LogP contribution >= 0.6 is 12.2 Å². The van der Waals surface area contributed by atoms with Crippen molar-refractivity contribution in [3.63, 3.8) is 0 Å². The van der Waals surface area contributed by atoms with E-state index < -0.39 is 11.4 Å². The summed E-state index contributed by atoms with van der Waals surface area (Å²) in [5.74, 6) is -0.742. The van der Waals surface area contributed by atoms with Gasteiger partial charge in [0, 0.05) is 12.8 Å². The van der Waals surface area contributed by atoms with Crippen molar-refractivity contribution in [2.75, 3.05) is 27.2 Å². The SMILES string of the molecule is CN(C)CCN=Cc1c(O)n(-c2ccc(F)cc2)c(=S)[nH]c1=O. The van der Waals surface area contributed by atoms with Crippen LogP contribution in [0.25, 0.3) is 5.69 Å². The predicted molar refractivity (Wildman–Crippen MR) is 89.9 cm³/mol. The number of rotatable bonds is 5. The van der Waals surface area contributed by atoms with Crippen LogP contribution in [0, 0.1) is 10.6 Å². The molecular formula is C15H17FN4O2S. The number of benzene rings is 1. The van der Waals surface area contributed by atoms with Crippen molar-refractivity contribution in [2.24, 2.45) is 4.99 Å². The number of aromatic amines is 1. The third kappa shape index (κ3) is 4.11. The Kier molecular flexibility index (Phi) is 5.41. The standard InChI is InChI=1S/C15H17FN4O2S/c1-19(2)8-7-17-9-12-13(21)18-15(23)20(14(12)22)11-5-3-10(16)4-6-11/h3-6,9,22H,7-8H2,1-2H3,(H,18,21,23). The molecule has 122 valence electrons. The fourth-order valence-electron chi connectivity index (χ4n) is 1.90. The summed E-state index contributed by atoms with van der Waals surface area (Å²) in [7, 11) is 3.82. The first kappa shape index (κ1) is 17.0. The van der Waals surface area contributed by atoms with E-state index in [9.17, 15) is 14.3 Å². The van der Waals surface area contributed by atoms with Gasteiger partial charge in [0.2, 0.25) is 5.88 Å². The Morgan fingerprint density at radius 1 is 1.39 bits per heavy atom. The summed E-state index contributed by atoms with van der Waals surface area (Å²) in [5.41, 5.74) is -0.0887. The third-order valence-corrected chi connectivity index (χ3v) is 3.39. The van der Waals surface area contributed by atoms with E-state index in [0.29, 0.717) is 18.8 Å². The maximum absolute atomic E-state index is 13.0. The number of nitrogens with zero attached hydrogens (tertiary/aromatic N) is 3. The van der Waals surface area contributed by atoms with Crippen LogP contribution in [0.1, 0.15) is 5.56 Å². The van der Waals surface area contributed by atoms with Crippen LogP contribution in [-0.4, -0.2) is 53.0 Å². The van der Waals surface area contributed by atoms with Gasteiger partial charge in [-0.3, -0.25) is 19.3 Å². The number of nitrogens with one attached hydrogen (secondary N) is 1. The summed E-state index contributed by atoms with van der Waals surface area (Å²) >= 11 is 5.07. The zero-order valence-corrected chi connectivity index (χ0v) is 13.6. The van der Waals surface area contributed by atoms with E-state index in [4.69, 9.17) is 12.2 Å². The van der Waals surface area contributed by atoms with Crippen molar-refractivity contribution in [3.05, 3.63) is 50.8 Å². The molecule has 0 saturated heterocycles. The number of aliphatic imine (C=N–C) groups is 1. The van der Waals surface area contributed by atoms with Gasteiger partial charge in [-0.15, -0.1) is 0 Å². The van der Waals surface area contributed by atoms with Crippen LogP contribution in [0.5, 0.6) is 5.88 Å². The number of hydrogen-bond acceptors (Lipinski definition) is 5. The molecule has 0 amide bonds. The number of halogens is 1. The van der Waals surface area contributed by atoms with Gasteiger partial charge in [0.15, 0.2) is 4.77 Å². The highest BCUT2D eigenvalue weighted by Gasteiger charge is 2.12. The molecule has 0 saturated carbocycles. The van der Waals surface area contributed by atoms with Gasteiger partial charge >= 0.3 is 0 Å². The Bertz CT molecular complexity index is 825. The van der Waals surface area contributed by atoms with Gasteiger partial charge in [-0.2, -0.15) is 0 Å². The van der Waals surface area contributed by atoms with Gasteiger partial charge in [0.1, 0.15) is 11.4 Å². The second-order valence-electron chi connectivity index (χ2n) is 5.15. The molecule has 2 rings (SSSR count). The summed E-state index contributed by atoms with van der Waals surface area (Å²) in [5, 5.41) is 10.4. The van der Waals surface area contributed by atoms with Crippen molar-refractivity contribution in [1.29, 1.82) is 0 Å².